The predicted octanol–water partition coefficient (Wildman–Crippen LogP) is 1.13. The predicted molar refractivity (Wildman–Crippen MR) is 54.2 cm³/mol. The molecule has 1 aromatic rings. The molecule has 0 aliphatic heterocycles. The zero-order chi connectivity index (χ0) is 10.6. The molecule has 74 valence electrons. The number of carbonyl (C=O) groups excluding carboxylic acids is 2. The van der Waals surface area contributed by atoms with Gasteiger partial charge in [0.2, 0.25) is 0 Å². The van der Waals surface area contributed by atoms with E-state index in [0.717, 1.165) is 4.47 Å². The summed E-state index contributed by atoms with van der Waals surface area (Å²) >= 11 is 3.21. The van der Waals surface area contributed by atoms with Crippen LogP contribution >= 0.6 is 15.9 Å². The summed E-state index contributed by atoms with van der Waals surface area (Å²) in [6.45, 7) is -0.234. The highest BCUT2D eigenvalue weighted by atomic mass is 79.9. The van der Waals surface area contributed by atoms with Crippen LogP contribution in [0.2, 0.25) is 0 Å². The Hall–Kier alpha value is -1.36. The molecule has 5 heteroatoms. The molecule has 1 aromatic carbocycles. The first-order chi connectivity index (χ1) is 6.63. The Morgan fingerprint density at radius 2 is 2.29 bits per heavy atom. The summed E-state index contributed by atoms with van der Waals surface area (Å²) < 4.78 is 5.79. The lowest BCUT2D eigenvalue weighted by Crippen LogP contribution is -2.20. The molecule has 0 saturated carbocycles. The molecule has 0 fully saturated rings. The van der Waals surface area contributed by atoms with Gasteiger partial charge in [0.05, 0.1) is 5.56 Å². The van der Waals surface area contributed by atoms with E-state index >= 15 is 0 Å². The van der Waals surface area contributed by atoms with E-state index in [1.807, 2.05) is 0 Å². The van der Waals surface area contributed by atoms with Crippen LogP contribution in [0.5, 0.6) is 5.75 Å². The Balaban J connectivity index is 2.85. The van der Waals surface area contributed by atoms with Gasteiger partial charge in [-0.3, -0.25) is 9.59 Å². The molecule has 0 aromatic heterocycles. The average molecular weight is 258 g/mol. The van der Waals surface area contributed by atoms with Crippen molar-refractivity contribution >= 4 is 28.1 Å². The van der Waals surface area contributed by atoms with Crippen molar-refractivity contribution in [3.8, 4) is 5.75 Å². The molecule has 1 rings (SSSR count). The molecule has 14 heavy (non-hydrogen) atoms. The van der Waals surface area contributed by atoms with Gasteiger partial charge >= 0.3 is 0 Å². The molecular weight excluding hydrogens is 250 g/mol. The number of hydrogen-bond donors (Lipinski definition) is 1. The van der Waals surface area contributed by atoms with E-state index < -0.39 is 5.91 Å². The van der Waals surface area contributed by atoms with Crippen LogP contribution in [0.4, 0.5) is 0 Å². The topological polar surface area (TPSA) is 69.4 Å². The lowest BCUT2D eigenvalue weighted by molar-refractivity contribution is -0.119. The molecule has 0 aliphatic rings. The molecule has 0 unspecified atom stereocenters. The summed E-state index contributed by atoms with van der Waals surface area (Å²) in [7, 11) is 0. The van der Waals surface area contributed by atoms with Gasteiger partial charge in [-0.2, -0.15) is 0 Å². The second kappa shape index (κ2) is 4.76. The molecule has 2 N–H and O–H groups in total. The number of primary amides is 1. The van der Waals surface area contributed by atoms with Gasteiger partial charge in [-0.05, 0) is 18.2 Å². The highest BCUT2D eigenvalue weighted by Gasteiger charge is 2.04. The number of benzene rings is 1. The van der Waals surface area contributed by atoms with Crippen LogP contribution in [0.15, 0.2) is 22.7 Å². The van der Waals surface area contributed by atoms with Crippen molar-refractivity contribution in [3.63, 3.8) is 0 Å². The van der Waals surface area contributed by atoms with Gasteiger partial charge in [-0.15, -0.1) is 0 Å². The minimum absolute atomic E-state index is 0.234. The highest BCUT2D eigenvalue weighted by molar-refractivity contribution is 9.10. The largest absolute Gasteiger partial charge is 0.483 e. The van der Waals surface area contributed by atoms with Gasteiger partial charge in [0, 0.05) is 4.47 Å². The van der Waals surface area contributed by atoms with Crippen LogP contribution in [0, 0.1) is 0 Å². The van der Waals surface area contributed by atoms with Crippen LogP contribution in [0.1, 0.15) is 10.4 Å². The molecule has 0 heterocycles. The van der Waals surface area contributed by atoms with E-state index in [2.05, 4.69) is 15.9 Å². The molecular formula is C9H8BrNO3. The van der Waals surface area contributed by atoms with Crippen molar-refractivity contribution in [2.75, 3.05) is 6.61 Å². The third-order valence-electron chi connectivity index (χ3n) is 1.47. The van der Waals surface area contributed by atoms with Crippen molar-refractivity contribution in [3.05, 3.63) is 28.2 Å². The van der Waals surface area contributed by atoms with E-state index in [9.17, 15) is 9.59 Å². The molecule has 0 spiro atoms. The number of ether oxygens (including phenoxy) is 1. The van der Waals surface area contributed by atoms with Crippen LogP contribution in [0.25, 0.3) is 0 Å². The average Bonchev–Trinajstić information content (AvgIpc) is 2.15. The molecule has 0 radical (unpaired) electrons. The number of aldehydes is 1. The van der Waals surface area contributed by atoms with Gasteiger partial charge in [0.25, 0.3) is 5.91 Å². The SMILES string of the molecule is NC(=O)COc1ccc(Br)cc1C=O. The summed E-state index contributed by atoms with van der Waals surface area (Å²) in [5, 5.41) is 0. The smallest absolute Gasteiger partial charge is 0.255 e. The van der Waals surface area contributed by atoms with E-state index in [-0.39, 0.29) is 6.61 Å². The van der Waals surface area contributed by atoms with Crippen molar-refractivity contribution in [1.82, 2.24) is 0 Å². The lowest BCUT2D eigenvalue weighted by Gasteiger charge is -2.06. The van der Waals surface area contributed by atoms with Gasteiger partial charge in [-0.1, -0.05) is 15.9 Å². The third kappa shape index (κ3) is 2.85. The van der Waals surface area contributed by atoms with Gasteiger partial charge in [0.1, 0.15) is 5.75 Å². The zero-order valence-electron chi connectivity index (χ0n) is 7.20. The summed E-state index contributed by atoms with van der Waals surface area (Å²) in [4.78, 5) is 21.0. The second-order valence-electron chi connectivity index (χ2n) is 2.55. The number of amides is 1. The number of halogens is 1. The Bertz CT molecular complexity index is 365. The first kappa shape index (κ1) is 10.7. The van der Waals surface area contributed by atoms with Crippen LogP contribution in [0.3, 0.4) is 0 Å². The maximum atomic E-state index is 10.6. The number of carbonyl (C=O) groups is 2. The molecule has 0 atom stereocenters. The first-order valence-electron chi connectivity index (χ1n) is 3.79. The first-order valence-corrected chi connectivity index (χ1v) is 4.58. The second-order valence-corrected chi connectivity index (χ2v) is 3.47. The van der Waals surface area contributed by atoms with Crippen LogP contribution < -0.4 is 10.5 Å². The third-order valence-corrected chi connectivity index (χ3v) is 1.96. The van der Waals surface area contributed by atoms with Crippen molar-refractivity contribution in [2.45, 2.75) is 0 Å². The van der Waals surface area contributed by atoms with Gasteiger partial charge in [0.15, 0.2) is 12.9 Å². The van der Waals surface area contributed by atoms with Crippen molar-refractivity contribution in [2.24, 2.45) is 5.73 Å². The standard InChI is InChI=1S/C9H8BrNO3/c10-7-1-2-8(6(3-7)4-12)14-5-9(11)13/h1-4H,5H2,(H2,11,13). The van der Waals surface area contributed by atoms with E-state index in [1.165, 1.54) is 0 Å². The minimum Gasteiger partial charge on any atom is -0.483 e. The van der Waals surface area contributed by atoms with E-state index in [1.54, 1.807) is 18.2 Å². The Kier molecular flexibility index (Phi) is 3.64. The molecule has 0 bridgehead atoms. The maximum Gasteiger partial charge on any atom is 0.255 e. The quantitative estimate of drug-likeness (QED) is 0.823. The summed E-state index contributed by atoms with van der Waals surface area (Å²) in [5.41, 5.74) is 5.28. The molecule has 1 amide bonds. The highest BCUT2D eigenvalue weighted by Crippen LogP contribution is 2.21. The zero-order valence-corrected chi connectivity index (χ0v) is 8.78. The Morgan fingerprint density at radius 3 is 2.86 bits per heavy atom. The number of hydrogen-bond acceptors (Lipinski definition) is 3. The van der Waals surface area contributed by atoms with Crippen LogP contribution in [-0.2, 0) is 4.79 Å². The van der Waals surface area contributed by atoms with Crippen molar-refractivity contribution < 1.29 is 14.3 Å². The Labute approximate surface area is 89.2 Å². The Morgan fingerprint density at radius 1 is 1.57 bits per heavy atom. The lowest BCUT2D eigenvalue weighted by atomic mass is 10.2. The van der Waals surface area contributed by atoms with Crippen LogP contribution in [-0.4, -0.2) is 18.8 Å². The summed E-state index contributed by atoms with van der Waals surface area (Å²) in [6, 6.07) is 4.91. The summed E-state index contributed by atoms with van der Waals surface area (Å²) in [6.07, 6.45) is 0.654. The molecule has 0 aliphatic carbocycles. The summed E-state index contributed by atoms with van der Waals surface area (Å²) in [5.74, 6) is -0.230. The van der Waals surface area contributed by atoms with Gasteiger partial charge in [-0.25, -0.2) is 0 Å². The minimum atomic E-state index is -0.579. The number of nitrogens with two attached hydrogens (primary N) is 1. The maximum absolute atomic E-state index is 10.6. The fourth-order valence-electron chi connectivity index (χ4n) is 0.892. The normalized spacial score (nSPS) is 9.50. The molecule has 0 saturated heterocycles. The van der Waals surface area contributed by atoms with E-state index in [4.69, 9.17) is 10.5 Å². The monoisotopic (exact) mass is 257 g/mol. The molecule has 4 nitrogen and oxygen atoms in total. The van der Waals surface area contributed by atoms with Gasteiger partial charge < -0.3 is 10.5 Å². The fraction of sp³-hybridized carbons (Fsp3) is 0.111. The van der Waals surface area contributed by atoms with E-state index in [0.29, 0.717) is 17.6 Å². The fourth-order valence-corrected chi connectivity index (χ4v) is 1.27. The van der Waals surface area contributed by atoms with Crippen molar-refractivity contribution in [1.29, 1.82) is 0 Å². The number of rotatable bonds is 4.